The van der Waals surface area contributed by atoms with Gasteiger partial charge in [-0.1, -0.05) is 32.0 Å². The highest BCUT2D eigenvalue weighted by atomic mass is 16.5. The number of para-hydroxylation sites is 1. The summed E-state index contributed by atoms with van der Waals surface area (Å²) in [6.45, 7) is 4.25. The van der Waals surface area contributed by atoms with E-state index in [1.807, 2.05) is 18.2 Å². The van der Waals surface area contributed by atoms with E-state index < -0.39 is 0 Å². The Bertz CT molecular complexity index is 623. The van der Waals surface area contributed by atoms with E-state index in [4.69, 9.17) is 19.9 Å². The monoisotopic (exact) mass is 287 g/mol. The zero-order valence-electron chi connectivity index (χ0n) is 12.8. The van der Waals surface area contributed by atoms with Gasteiger partial charge in [0, 0.05) is 12.1 Å². The molecule has 0 heterocycles. The molecule has 2 aromatic carbocycles. The molecular weight excluding hydrogens is 266 g/mol. The van der Waals surface area contributed by atoms with Crippen LogP contribution in [0.1, 0.15) is 25.3 Å². The summed E-state index contributed by atoms with van der Waals surface area (Å²) in [5.41, 5.74) is 7.67. The maximum absolute atomic E-state index is 6.03. The smallest absolute Gasteiger partial charge is 0.164 e. The molecule has 0 bridgehead atoms. The second kappa shape index (κ2) is 6.39. The summed E-state index contributed by atoms with van der Waals surface area (Å²) < 4.78 is 16.5. The van der Waals surface area contributed by atoms with E-state index in [0.29, 0.717) is 28.9 Å². The molecule has 2 rings (SSSR count). The predicted octanol–water partition coefficient (Wildman–Crippen LogP) is 4.20. The molecule has 0 aliphatic rings. The Morgan fingerprint density at radius 1 is 0.857 bits per heavy atom. The van der Waals surface area contributed by atoms with Gasteiger partial charge in [-0.3, -0.25) is 0 Å². The maximum atomic E-state index is 6.03. The van der Waals surface area contributed by atoms with Crippen molar-refractivity contribution in [2.75, 3.05) is 20.0 Å². The molecule has 4 heteroatoms. The molecule has 0 amide bonds. The van der Waals surface area contributed by atoms with Crippen LogP contribution in [0.5, 0.6) is 23.0 Å². The van der Waals surface area contributed by atoms with Crippen LogP contribution in [0.15, 0.2) is 36.4 Å². The van der Waals surface area contributed by atoms with Crippen LogP contribution in [0.25, 0.3) is 0 Å². The SMILES string of the molecule is COc1cc(N)c(Oc2ccccc2C(C)C)cc1OC. The average Bonchev–Trinajstić information content (AvgIpc) is 2.49. The number of methoxy groups -OCH3 is 2. The van der Waals surface area contributed by atoms with Crippen molar-refractivity contribution in [1.29, 1.82) is 0 Å². The number of ether oxygens (including phenoxy) is 3. The average molecular weight is 287 g/mol. The summed E-state index contributed by atoms with van der Waals surface area (Å²) in [5.74, 6) is 2.89. The maximum Gasteiger partial charge on any atom is 0.164 e. The minimum atomic E-state index is 0.363. The number of hydrogen-bond donors (Lipinski definition) is 1. The first-order valence-electron chi connectivity index (χ1n) is 6.85. The molecule has 21 heavy (non-hydrogen) atoms. The van der Waals surface area contributed by atoms with Crippen LogP contribution in [-0.4, -0.2) is 14.2 Å². The Balaban J connectivity index is 2.40. The van der Waals surface area contributed by atoms with Crippen LogP contribution in [-0.2, 0) is 0 Å². The molecule has 4 nitrogen and oxygen atoms in total. The molecule has 0 aliphatic carbocycles. The second-order valence-corrected chi connectivity index (χ2v) is 5.04. The first kappa shape index (κ1) is 15.0. The summed E-state index contributed by atoms with van der Waals surface area (Å²) in [5, 5.41) is 0. The Morgan fingerprint density at radius 2 is 1.48 bits per heavy atom. The molecular formula is C17H21NO3. The lowest BCUT2D eigenvalue weighted by molar-refractivity contribution is 0.352. The molecule has 0 saturated heterocycles. The predicted molar refractivity (Wildman–Crippen MR) is 84.6 cm³/mol. The van der Waals surface area contributed by atoms with E-state index in [-0.39, 0.29) is 0 Å². The molecule has 0 aliphatic heterocycles. The lowest BCUT2D eigenvalue weighted by atomic mass is 10.0. The third kappa shape index (κ3) is 3.21. The first-order valence-corrected chi connectivity index (χ1v) is 6.85. The van der Waals surface area contributed by atoms with Gasteiger partial charge in [-0.15, -0.1) is 0 Å². The normalized spacial score (nSPS) is 10.5. The molecule has 2 aromatic rings. The van der Waals surface area contributed by atoms with Crippen molar-refractivity contribution in [2.24, 2.45) is 0 Å². The summed E-state index contributed by atoms with van der Waals surface area (Å²) in [6, 6.07) is 11.4. The van der Waals surface area contributed by atoms with Gasteiger partial charge < -0.3 is 19.9 Å². The molecule has 0 radical (unpaired) electrons. The third-order valence-electron chi connectivity index (χ3n) is 3.28. The molecule has 2 N–H and O–H groups in total. The Labute approximate surface area is 125 Å². The Hall–Kier alpha value is -2.36. The fourth-order valence-electron chi connectivity index (χ4n) is 2.13. The summed E-state index contributed by atoms with van der Waals surface area (Å²) >= 11 is 0. The third-order valence-corrected chi connectivity index (χ3v) is 3.28. The van der Waals surface area contributed by atoms with Gasteiger partial charge in [0.2, 0.25) is 0 Å². The highest BCUT2D eigenvalue weighted by molar-refractivity contribution is 5.63. The van der Waals surface area contributed by atoms with E-state index >= 15 is 0 Å². The Kier molecular flexibility index (Phi) is 4.58. The molecule has 112 valence electrons. The number of nitrogens with two attached hydrogens (primary N) is 1. The van der Waals surface area contributed by atoms with Crippen molar-refractivity contribution in [3.05, 3.63) is 42.0 Å². The molecule has 0 aromatic heterocycles. The fraction of sp³-hybridized carbons (Fsp3) is 0.294. The van der Waals surface area contributed by atoms with E-state index in [0.717, 1.165) is 11.3 Å². The van der Waals surface area contributed by atoms with E-state index in [2.05, 4.69) is 19.9 Å². The van der Waals surface area contributed by atoms with Gasteiger partial charge in [0.15, 0.2) is 17.2 Å². The summed E-state index contributed by atoms with van der Waals surface area (Å²) in [7, 11) is 3.16. The van der Waals surface area contributed by atoms with E-state index in [9.17, 15) is 0 Å². The van der Waals surface area contributed by atoms with Crippen LogP contribution in [0.3, 0.4) is 0 Å². The zero-order chi connectivity index (χ0) is 15.4. The lowest BCUT2D eigenvalue weighted by Crippen LogP contribution is -1.99. The van der Waals surface area contributed by atoms with Crippen molar-refractivity contribution in [3.8, 4) is 23.0 Å². The van der Waals surface area contributed by atoms with E-state index in [1.165, 1.54) is 0 Å². The van der Waals surface area contributed by atoms with Gasteiger partial charge in [0.1, 0.15) is 5.75 Å². The Morgan fingerprint density at radius 3 is 2.10 bits per heavy atom. The second-order valence-electron chi connectivity index (χ2n) is 5.04. The minimum Gasteiger partial charge on any atom is -0.493 e. The van der Waals surface area contributed by atoms with Gasteiger partial charge >= 0.3 is 0 Å². The lowest BCUT2D eigenvalue weighted by Gasteiger charge is -2.16. The van der Waals surface area contributed by atoms with Gasteiger partial charge in [-0.2, -0.15) is 0 Å². The molecule has 0 atom stereocenters. The highest BCUT2D eigenvalue weighted by Gasteiger charge is 2.13. The van der Waals surface area contributed by atoms with Crippen LogP contribution in [0.4, 0.5) is 5.69 Å². The first-order chi connectivity index (χ1) is 10.1. The standard InChI is InChI=1S/C17H21NO3/c1-11(2)12-7-5-6-8-14(12)21-15-10-17(20-4)16(19-3)9-13(15)18/h5-11H,18H2,1-4H3. The molecule has 0 saturated carbocycles. The van der Waals surface area contributed by atoms with Crippen molar-refractivity contribution >= 4 is 5.69 Å². The van der Waals surface area contributed by atoms with Gasteiger partial charge in [-0.05, 0) is 17.5 Å². The van der Waals surface area contributed by atoms with Gasteiger partial charge in [0.25, 0.3) is 0 Å². The number of hydrogen-bond acceptors (Lipinski definition) is 4. The van der Waals surface area contributed by atoms with E-state index in [1.54, 1.807) is 26.4 Å². The molecule has 0 unspecified atom stereocenters. The van der Waals surface area contributed by atoms with Crippen LogP contribution in [0, 0.1) is 0 Å². The molecule has 0 fully saturated rings. The summed E-state index contributed by atoms with van der Waals surface area (Å²) in [4.78, 5) is 0. The molecule has 0 spiro atoms. The van der Waals surface area contributed by atoms with Gasteiger partial charge in [-0.25, -0.2) is 0 Å². The fourth-order valence-corrected chi connectivity index (χ4v) is 2.13. The van der Waals surface area contributed by atoms with Crippen molar-refractivity contribution in [3.63, 3.8) is 0 Å². The number of nitrogen functional groups attached to an aromatic ring is 1. The van der Waals surface area contributed by atoms with Gasteiger partial charge in [0.05, 0.1) is 19.9 Å². The largest absolute Gasteiger partial charge is 0.493 e. The topological polar surface area (TPSA) is 53.7 Å². The van der Waals surface area contributed by atoms with Crippen LogP contribution in [0.2, 0.25) is 0 Å². The highest BCUT2D eigenvalue weighted by Crippen LogP contribution is 2.39. The number of rotatable bonds is 5. The van der Waals surface area contributed by atoms with Crippen LogP contribution < -0.4 is 19.9 Å². The number of benzene rings is 2. The van der Waals surface area contributed by atoms with Crippen molar-refractivity contribution < 1.29 is 14.2 Å². The quantitative estimate of drug-likeness (QED) is 0.837. The minimum absolute atomic E-state index is 0.363. The van der Waals surface area contributed by atoms with Crippen LogP contribution >= 0.6 is 0 Å². The van der Waals surface area contributed by atoms with Crippen molar-refractivity contribution in [2.45, 2.75) is 19.8 Å². The zero-order valence-corrected chi connectivity index (χ0v) is 12.8. The summed E-state index contributed by atoms with van der Waals surface area (Å²) in [6.07, 6.45) is 0. The van der Waals surface area contributed by atoms with Crippen molar-refractivity contribution in [1.82, 2.24) is 0 Å². The number of anilines is 1.